The molecule has 290 valence electrons. The van der Waals surface area contributed by atoms with Crippen LogP contribution in [0.1, 0.15) is 25.0 Å². The zero-order valence-corrected chi connectivity index (χ0v) is 34.3. The van der Waals surface area contributed by atoms with Crippen LogP contribution in [0.25, 0.3) is 66.0 Å². The Hall–Kier alpha value is -7.76. The van der Waals surface area contributed by atoms with E-state index in [0.717, 1.165) is 50.4 Å². The van der Waals surface area contributed by atoms with Gasteiger partial charge in [-0.05, 0) is 93.8 Å². The maximum absolute atomic E-state index is 7.00. The summed E-state index contributed by atoms with van der Waals surface area (Å²) < 4.78 is 9.66. The number of hydrogen-bond donors (Lipinski definition) is 0. The Morgan fingerprint density at radius 3 is 1.98 bits per heavy atom. The van der Waals surface area contributed by atoms with Gasteiger partial charge in [-0.25, -0.2) is 0 Å². The number of furan rings is 1. The molecule has 0 saturated carbocycles. The average molecular weight is 792 g/mol. The van der Waals surface area contributed by atoms with Crippen LogP contribution in [0.4, 0.5) is 34.1 Å². The zero-order valence-electron chi connectivity index (χ0n) is 34.3. The second-order valence-electron chi connectivity index (χ2n) is 17.6. The highest BCUT2D eigenvalue weighted by atomic mass is 16.3. The monoisotopic (exact) mass is 791 g/mol. The third-order valence-corrected chi connectivity index (χ3v) is 14.1. The molecular weight excluding hydrogens is 753 g/mol. The van der Waals surface area contributed by atoms with E-state index in [9.17, 15) is 0 Å². The number of benzene rings is 9. The van der Waals surface area contributed by atoms with Gasteiger partial charge in [-0.2, -0.15) is 0 Å². The molecule has 4 heterocycles. The smallest absolute Gasteiger partial charge is 0.333 e. The first-order valence-electron chi connectivity index (χ1n) is 21.6. The van der Waals surface area contributed by atoms with E-state index < -0.39 is 0 Å². The number of hydrogen-bond acceptors (Lipinski definition) is 3. The van der Waals surface area contributed by atoms with Crippen molar-refractivity contribution in [3.8, 4) is 22.3 Å². The Bertz CT molecular complexity index is 3660. The van der Waals surface area contributed by atoms with Gasteiger partial charge < -0.3 is 18.7 Å². The number of anilines is 6. The molecule has 0 saturated heterocycles. The van der Waals surface area contributed by atoms with Crippen molar-refractivity contribution in [3.05, 3.63) is 205 Å². The van der Waals surface area contributed by atoms with E-state index in [0.29, 0.717) is 0 Å². The SMILES string of the molecule is CC1(C)c2ccccc2-c2c1cc1c3c2N(c2cccc4c2oc2ccccc24)c2cc(N(c4ccccc4)c4ccccc4)ccc2B3n2c3ccccc3c3cccc-1c32. The number of rotatable bonds is 4. The summed E-state index contributed by atoms with van der Waals surface area (Å²) in [6.07, 6.45) is 0. The second-order valence-corrected chi connectivity index (χ2v) is 17.6. The molecule has 0 atom stereocenters. The van der Waals surface area contributed by atoms with E-state index in [2.05, 4.69) is 222 Å². The number of fused-ring (bicyclic) bond motifs is 14. The van der Waals surface area contributed by atoms with Crippen molar-refractivity contribution in [1.82, 2.24) is 4.48 Å². The summed E-state index contributed by atoms with van der Waals surface area (Å²) in [6.45, 7) is 4.72. The van der Waals surface area contributed by atoms with Crippen LogP contribution in [-0.2, 0) is 5.41 Å². The largest absolute Gasteiger partial charge is 0.454 e. The summed E-state index contributed by atoms with van der Waals surface area (Å²) in [5.74, 6) is 0. The molecule has 11 aromatic rings. The molecular formula is C57H38BN3O. The van der Waals surface area contributed by atoms with Gasteiger partial charge in [0.2, 0.25) is 0 Å². The molecule has 2 aliphatic heterocycles. The molecule has 62 heavy (non-hydrogen) atoms. The fraction of sp³-hybridized carbons (Fsp3) is 0.0526. The van der Waals surface area contributed by atoms with Gasteiger partial charge >= 0.3 is 6.85 Å². The number of aromatic nitrogens is 1. The summed E-state index contributed by atoms with van der Waals surface area (Å²) in [4.78, 5) is 4.97. The summed E-state index contributed by atoms with van der Waals surface area (Å²) >= 11 is 0. The maximum Gasteiger partial charge on any atom is 0.333 e. The van der Waals surface area contributed by atoms with Gasteiger partial charge in [-0.15, -0.1) is 0 Å². The lowest BCUT2D eigenvalue weighted by molar-refractivity contribution is 0.660. The first-order valence-corrected chi connectivity index (χ1v) is 21.6. The van der Waals surface area contributed by atoms with E-state index in [1.54, 1.807) is 0 Å². The van der Waals surface area contributed by atoms with Crippen LogP contribution in [-0.4, -0.2) is 11.3 Å². The Labute approximate surface area is 359 Å². The van der Waals surface area contributed by atoms with Crippen LogP contribution in [0.3, 0.4) is 0 Å². The fourth-order valence-electron chi connectivity index (χ4n) is 11.5. The highest BCUT2D eigenvalue weighted by molar-refractivity contribution is 6.90. The fourth-order valence-corrected chi connectivity index (χ4v) is 11.5. The number of para-hydroxylation sites is 6. The van der Waals surface area contributed by atoms with Crippen molar-refractivity contribution < 1.29 is 4.42 Å². The molecule has 14 rings (SSSR count). The van der Waals surface area contributed by atoms with Crippen molar-refractivity contribution >= 4 is 95.6 Å². The molecule has 0 spiro atoms. The minimum Gasteiger partial charge on any atom is -0.454 e. The lowest BCUT2D eigenvalue weighted by atomic mass is 9.44. The van der Waals surface area contributed by atoms with Crippen molar-refractivity contribution in [2.75, 3.05) is 9.80 Å². The van der Waals surface area contributed by atoms with Gasteiger partial charge in [0, 0.05) is 71.9 Å². The first-order chi connectivity index (χ1) is 30.6. The first kappa shape index (κ1) is 34.0. The minimum absolute atomic E-state index is 0.101. The van der Waals surface area contributed by atoms with Gasteiger partial charge in [0.15, 0.2) is 5.58 Å². The Morgan fingerprint density at radius 2 is 1.16 bits per heavy atom. The predicted octanol–water partition coefficient (Wildman–Crippen LogP) is 13.9. The molecule has 0 amide bonds. The lowest BCUT2D eigenvalue weighted by Gasteiger charge is -2.42. The van der Waals surface area contributed by atoms with E-state index >= 15 is 0 Å². The standard InChI is InChI=1S/C57H38BN3O/c1-57(2)45-27-12-9-23-43(45)52-46(57)34-44-41-25-15-24-40-38-21-10-13-28-48(38)61(54(40)41)58-47-32-31-37(59(35-17-5-3-6-18-35)36-19-7-4-8-20-36)33-50(47)60(55(52)53(44)58)49-29-16-26-42-39-22-11-14-30-51(39)62-56(42)49/h3-34H,1-2H3. The Morgan fingerprint density at radius 1 is 0.500 bits per heavy atom. The van der Waals surface area contributed by atoms with Crippen LogP contribution >= 0.6 is 0 Å². The van der Waals surface area contributed by atoms with Crippen molar-refractivity contribution in [2.45, 2.75) is 19.3 Å². The van der Waals surface area contributed by atoms with Gasteiger partial charge in [0.05, 0.1) is 11.4 Å². The van der Waals surface area contributed by atoms with Crippen molar-refractivity contribution in [3.63, 3.8) is 0 Å². The summed E-state index contributed by atoms with van der Waals surface area (Å²) in [7, 11) is 0. The summed E-state index contributed by atoms with van der Waals surface area (Å²) in [6, 6.07) is 71.4. The van der Waals surface area contributed by atoms with E-state index in [4.69, 9.17) is 4.42 Å². The highest BCUT2D eigenvalue weighted by Crippen LogP contribution is 2.58. The number of nitrogens with zero attached hydrogens (tertiary/aromatic N) is 3. The average Bonchev–Trinajstić information content (AvgIpc) is 3.95. The molecule has 2 aromatic heterocycles. The molecule has 5 heteroatoms. The van der Waals surface area contributed by atoms with Gasteiger partial charge in [-0.1, -0.05) is 147 Å². The Kier molecular flexibility index (Phi) is 6.68. The molecule has 3 aliphatic rings. The summed E-state index contributed by atoms with van der Waals surface area (Å²) in [5.41, 5.74) is 21.2. The molecule has 0 fully saturated rings. The molecule has 4 nitrogen and oxygen atoms in total. The van der Waals surface area contributed by atoms with E-state index in [1.807, 2.05) is 0 Å². The third kappa shape index (κ3) is 4.32. The third-order valence-electron chi connectivity index (χ3n) is 14.1. The van der Waals surface area contributed by atoms with Gasteiger partial charge in [0.25, 0.3) is 0 Å². The van der Waals surface area contributed by atoms with Gasteiger partial charge in [-0.3, -0.25) is 0 Å². The molecule has 0 bridgehead atoms. The molecule has 0 N–H and O–H groups in total. The lowest BCUT2D eigenvalue weighted by Crippen LogP contribution is -2.57. The van der Waals surface area contributed by atoms with E-state index in [-0.39, 0.29) is 12.3 Å². The van der Waals surface area contributed by atoms with Gasteiger partial charge in [0.1, 0.15) is 5.58 Å². The maximum atomic E-state index is 7.00. The Balaban J connectivity index is 1.18. The molecule has 9 aromatic carbocycles. The summed E-state index contributed by atoms with van der Waals surface area (Å²) in [5, 5.41) is 4.80. The van der Waals surface area contributed by atoms with Crippen LogP contribution in [0.15, 0.2) is 199 Å². The van der Waals surface area contributed by atoms with Crippen LogP contribution in [0.2, 0.25) is 0 Å². The van der Waals surface area contributed by atoms with Crippen LogP contribution < -0.4 is 20.7 Å². The quantitative estimate of drug-likeness (QED) is 0.166. The van der Waals surface area contributed by atoms with Crippen LogP contribution in [0, 0.1) is 0 Å². The molecule has 1 aliphatic carbocycles. The van der Waals surface area contributed by atoms with Crippen molar-refractivity contribution in [1.29, 1.82) is 0 Å². The zero-order chi connectivity index (χ0) is 40.8. The predicted molar refractivity (Wildman–Crippen MR) is 260 cm³/mol. The molecule has 0 radical (unpaired) electrons. The van der Waals surface area contributed by atoms with E-state index in [1.165, 1.54) is 71.8 Å². The normalized spacial score (nSPS) is 14.0. The molecule has 0 unspecified atom stereocenters. The highest BCUT2D eigenvalue weighted by Gasteiger charge is 2.48. The topological polar surface area (TPSA) is 24.6 Å². The minimum atomic E-state index is -0.235. The van der Waals surface area contributed by atoms with Crippen molar-refractivity contribution in [2.24, 2.45) is 0 Å². The van der Waals surface area contributed by atoms with Crippen LogP contribution in [0.5, 0.6) is 0 Å². The second kappa shape index (κ2) is 12.2.